The molecular formula is C11H12F3N3O5. The van der Waals surface area contributed by atoms with Crippen LogP contribution in [0.15, 0.2) is 12.1 Å². The number of carbonyl (C=O) groups excluding carboxylic acids is 1. The standard InChI is InChI=1S/C11H12F3N3O5/c1-21-10(18)7(15)3-5-2-6(22-11(12,13)14)4-8(9(5)16)17(19)20/h2,4,7H,3,15-16H2,1H3/t7-/m1/s1. The first kappa shape index (κ1) is 17.5. The third-order valence-electron chi connectivity index (χ3n) is 2.59. The molecule has 0 bridgehead atoms. The van der Waals surface area contributed by atoms with Crippen LogP contribution >= 0.6 is 0 Å². The lowest BCUT2D eigenvalue weighted by Gasteiger charge is -2.14. The number of halogens is 3. The molecule has 1 aromatic rings. The minimum absolute atomic E-state index is 0.133. The second-order valence-corrected chi connectivity index (χ2v) is 4.15. The summed E-state index contributed by atoms with van der Waals surface area (Å²) < 4.78 is 44.7. The molecule has 22 heavy (non-hydrogen) atoms. The lowest BCUT2D eigenvalue weighted by molar-refractivity contribution is -0.384. The monoisotopic (exact) mass is 323 g/mol. The summed E-state index contributed by atoms with van der Waals surface area (Å²) in [5.74, 6) is -1.68. The van der Waals surface area contributed by atoms with Crippen molar-refractivity contribution < 1.29 is 32.4 Å². The first-order valence-corrected chi connectivity index (χ1v) is 5.71. The summed E-state index contributed by atoms with van der Waals surface area (Å²) in [6, 6.07) is 0.127. The van der Waals surface area contributed by atoms with E-state index in [0.717, 1.165) is 13.2 Å². The van der Waals surface area contributed by atoms with Crippen LogP contribution in [0.25, 0.3) is 0 Å². The number of nitrogens with two attached hydrogens (primary N) is 2. The average Bonchev–Trinajstić information content (AvgIpc) is 2.39. The van der Waals surface area contributed by atoms with Gasteiger partial charge in [-0.25, -0.2) is 0 Å². The molecule has 0 spiro atoms. The fourth-order valence-corrected chi connectivity index (χ4v) is 1.65. The van der Waals surface area contributed by atoms with E-state index in [4.69, 9.17) is 11.5 Å². The molecule has 0 saturated heterocycles. The maximum absolute atomic E-state index is 12.2. The van der Waals surface area contributed by atoms with Gasteiger partial charge in [0.25, 0.3) is 5.69 Å². The van der Waals surface area contributed by atoms with E-state index in [9.17, 15) is 28.1 Å². The predicted octanol–water partition coefficient (Wildman–Crippen LogP) is 1.12. The number of ether oxygens (including phenoxy) is 2. The van der Waals surface area contributed by atoms with Crippen LogP contribution in [0, 0.1) is 10.1 Å². The number of nitro benzene ring substituents is 1. The third kappa shape index (κ3) is 4.48. The van der Waals surface area contributed by atoms with Gasteiger partial charge in [-0.05, 0) is 11.6 Å². The van der Waals surface area contributed by atoms with Crippen molar-refractivity contribution in [2.45, 2.75) is 18.8 Å². The zero-order valence-electron chi connectivity index (χ0n) is 11.2. The number of nitro groups is 1. The Balaban J connectivity index is 3.24. The quantitative estimate of drug-likeness (QED) is 0.359. The molecule has 0 aliphatic carbocycles. The zero-order valence-corrected chi connectivity index (χ0v) is 11.2. The summed E-state index contributed by atoms with van der Waals surface area (Å²) in [5.41, 5.74) is 9.67. The fourth-order valence-electron chi connectivity index (χ4n) is 1.65. The second kappa shape index (κ2) is 6.47. The van der Waals surface area contributed by atoms with Crippen LogP contribution in [0.4, 0.5) is 24.5 Å². The van der Waals surface area contributed by atoms with Gasteiger partial charge in [0.05, 0.1) is 18.1 Å². The van der Waals surface area contributed by atoms with Crippen molar-refractivity contribution in [3.63, 3.8) is 0 Å². The number of methoxy groups -OCH3 is 1. The van der Waals surface area contributed by atoms with Gasteiger partial charge in [0.2, 0.25) is 0 Å². The van der Waals surface area contributed by atoms with Crippen molar-refractivity contribution in [2.75, 3.05) is 12.8 Å². The Hall–Kier alpha value is -2.56. The van der Waals surface area contributed by atoms with Crippen LogP contribution in [-0.2, 0) is 16.0 Å². The first-order chi connectivity index (χ1) is 10.0. The van der Waals surface area contributed by atoms with Gasteiger partial charge in [0, 0.05) is 6.42 Å². The highest BCUT2D eigenvalue weighted by Gasteiger charge is 2.33. The van der Waals surface area contributed by atoms with Crippen molar-refractivity contribution in [1.29, 1.82) is 0 Å². The van der Waals surface area contributed by atoms with Gasteiger partial charge < -0.3 is 20.9 Å². The molecule has 0 amide bonds. The van der Waals surface area contributed by atoms with E-state index >= 15 is 0 Å². The minimum Gasteiger partial charge on any atom is -0.468 e. The van der Waals surface area contributed by atoms with Crippen molar-refractivity contribution in [1.82, 2.24) is 0 Å². The van der Waals surface area contributed by atoms with Crippen LogP contribution in [-0.4, -0.2) is 30.4 Å². The summed E-state index contributed by atoms with van der Waals surface area (Å²) in [6.07, 6.45) is -5.39. The molecule has 0 saturated carbocycles. The van der Waals surface area contributed by atoms with Crippen molar-refractivity contribution >= 4 is 17.3 Å². The molecular weight excluding hydrogens is 311 g/mol. The van der Waals surface area contributed by atoms with E-state index in [0.29, 0.717) is 6.07 Å². The zero-order chi connectivity index (χ0) is 17.1. The maximum atomic E-state index is 12.2. The lowest BCUT2D eigenvalue weighted by Crippen LogP contribution is -2.34. The molecule has 1 atom stereocenters. The summed E-state index contributed by atoms with van der Waals surface area (Å²) >= 11 is 0. The number of alkyl halides is 3. The van der Waals surface area contributed by atoms with Crippen LogP contribution in [0.3, 0.4) is 0 Å². The summed E-state index contributed by atoms with van der Waals surface area (Å²) in [4.78, 5) is 21.1. The molecule has 4 N–H and O–H groups in total. The number of carbonyl (C=O) groups is 1. The van der Waals surface area contributed by atoms with E-state index < -0.39 is 40.4 Å². The molecule has 11 heteroatoms. The Bertz CT molecular complexity index is 591. The SMILES string of the molecule is COC(=O)[C@H](N)Cc1cc(OC(F)(F)F)cc([N+](=O)[O-])c1N. The number of hydrogen-bond donors (Lipinski definition) is 2. The Labute approximate surface area is 121 Å². The fraction of sp³-hybridized carbons (Fsp3) is 0.364. The minimum atomic E-state index is -5.04. The predicted molar refractivity (Wildman–Crippen MR) is 67.9 cm³/mol. The van der Waals surface area contributed by atoms with Crippen LogP contribution < -0.4 is 16.2 Å². The number of hydrogen-bond acceptors (Lipinski definition) is 7. The van der Waals surface area contributed by atoms with Crippen molar-refractivity contribution in [2.24, 2.45) is 5.73 Å². The Kier molecular flexibility index (Phi) is 5.14. The molecule has 0 radical (unpaired) electrons. The Morgan fingerprint density at radius 1 is 1.45 bits per heavy atom. The van der Waals surface area contributed by atoms with Crippen LogP contribution in [0.1, 0.15) is 5.56 Å². The Morgan fingerprint density at radius 2 is 2.05 bits per heavy atom. The largest absolute Gasteiger partial charge is 0.573 e. The molecule has 0 aliphatic heterocycles. The number of anilines is 1. The molecule has 0 aliphatic rings. The van der Waals surface area contributed by atoms with Gasteiger partial charge in [0.15, 0.2) is 0 Å². The third-order valence-corrected chi connectivity index (χ3v) is 2.59. The highest BCUT2D eigenvalue weighted by molar-refractivity contribution is 5.77. The molecule has 8 nitrogen and oxygen atoms in total. The maximum Gasteiger partial charge on any atom is 0.573 e. The molecule has 0 heterocycles. The number of nitrogens with zero attached hydrogens (tertiary/aromatic N) is 1. The van der Waals surface area contributed by atoms with E-state index in [1.807, 2.05) is 0 Å². The van der Waals surface area contributed by atoms with Crippen molar-refractivity contribution in [3.8, 4) is 5.75 Å². The molecule has 1 rings (SSSR count). The van der Waals surface area contributed by atoms with Gasteiger partial charge in [-0.15, -0.1) is 13.2 Å². The summed E-state index contributed by atoms with van der Waals surface area (Å²) in [7, 11) is 1.07. The van der Waals surface area contributed by atoms with E-state index in [2.05, 4.69) is 9.47 Å². The highest BCUT2D eigenvalue weighted by Crippen LogP contribution is 2.34. The van der Waals surface area contributed by atoms with E-state index in [1.54, 1.807) is 0 Å². The highest BCUT2D eigenvalue weighted by atomic mass is 19.4. The topological polar surface area (TPSA) is 131 Å². The van der Waals surface area contributed by atoms with E-state index in [-0.39, 0.29) is 12.0 Å². The van der Waals surface area contributed by atoms with Crippen LogP contribution in [0.2, 0.25) is 0 Å². The first-order valence-electron chi connectivity index (χ1n) is 5.71. The number of rotatable bonds is 5. The van der Waals surface area contributed by atoms with Crippen LogP contribution in [0.5, 0.6) is 5.75 Å². The molecule has 0 fully saturated rings. The molecule has 0 aromatic heterocycles. The van der Waals surface area contributed by atoms with Gasteiger partial charge in [0.1, 0.15) is 17.5 Å². The second-order valence-electron chi connectivity index (χ2n) is 4.15. The smallest absolute Gasteiger partial charge is 0.468 e. The molecule has 122 valence electrons. The van der Waals surface area contributed by atoms with Gasteiger partial charge in [-0.2, -0.15) is 0 Å². The van der Waals surface area contributed by atoms with Gasteiger partial charge >= 0.3 is 12.3 Å². The normalized spacial score (nSPS) is 12.6. The number of benzene rings is 1. The molecule has 0 unspecified atom stereocenters. The lowest BCUT2D eigenvalue weighted by atomic mass is 10.0. The van der Waals surface area contributed by atoms with E-state index in [1.165, 1.54) is 0 Å². The summed E-state index contributed by atoms with van der Waals surface area (Å²) in [5, 5.41) is 10.8. The number of nitrogen functional groups attached to an aromatic ring is 1. The van der Waals surface area contributed by atoms with Gasteiger partial charge in [-0.3, -0.25) is 14.9 Å². The average molecular weight is 323 g/mol. The molecule has 1 aromatic carbocycles. The number of esters is 1. The van der Waals surface area contributed by atoms with Gasteiger partial charge in [-0.1, -0.05) is 0 Å². The van der Waals surface area contributed by atoms with Crippen molar-refractivity contribution in [3.05, 3.63) is 27.8 Å². The summed E-state index contributed by atoms with van der Waals surface area (Å²) in [6.45, 7) is 0. The Morgan fingerprint density at radius 3 is 2.50 bits per heavy atom.